The van der Waals surface area contributed by atoms with Crippen LogP contribution in [0.2, 0.25) is 0 Å². The molecule has 0 amide bonds. The first kappa shape index (κ1) is 17.3. The van der Waals surface area contributed by atoms with Gasteiger partial charge in [-0.15, -0.1) is 5.10 Å². The standard InChI is InChI=1S/C20H15N5O3S/c26-20-18(19-22-17-8-4-5-11-25(17)23-19)15-12-14(9-10-16(15)21-20)29(27,28)24-13-6-2-1-3-7-13/h1-12,21,24,26H. The molecule has 9 heteroatoms. The van der Waals surface area contributed by atoms with Gasteiger partial charge < -0.3 is 10.1 Å². The third kappa shape index (κ3) is 2.97. The number of nitrogens with zero attached hydrogens (tertiary/aromatic N) is 3. The highest BCUT2D eigenvalue weighted by Crippen LogP contribution is 2.36. The monoisotopic (exact) mass is 405 g/mol. The van der Waals surface area contributed by atoms with Gasteiger partial charge in [0.25, 0.3) is 10.0 Å². The average Bonchev–Trinajstić information content (AvgIpc) is 3.27. The van der Waals surface area contributed by atoms with Gasteiger partial charge in [-0.05, 0) is 42.5 Å². The van der Waals surface area contributed by atoms with E-state index in [1.165, 1.54) is 12.1 Å². The SMILES string of the molecule is O=S(=O)(Nc1ccccc1)c1ccc2[nH]c(O)c(-c3nc4ccccn4n3)c2c1. The molecule has 0 unspecified atom stereocenters. The fourth-order valence-corrected chi connectivity index (χ4v) is 4.29. The van der Waals surface area contributed by atoms with Crippen LogP contribution in [0.25, 0.3) is 27.9 Å². The van der Waals surface area contributed by atoms with Crippen LogP contribution < -0.4 is 4.72 Å². The number of fused-ring (bicyclic) bond motifs is 2. The van der Waals surface area contributed by atoms with Crippen molar-refractivity contribution in [3.63, 3.8) is 0 Å². The molecule has 3 aromatic heterocycles. The highest BCUT2D eigenvalue weighted by atomic mass is 32.2. The second kappa shape index (κ2) is 6.35. The van der Waals surface area contributed by atoms with Crippen molar-refractivity contribution in [3.05, 3.63) is 72.9 Å². The summed E-state index contributed by atoms with van der Waals surface area (Å²) in [7, 11) is -3.81. The number of H-pyrrole nitrogens is 1. The first-order valence-corrected chi connectivity index (χ1v) is 10.2. The maximum atomic E-state index is 12.8. The molecule has 0 fully saturated rings. The summed E-state index contributed by atoms with van der Waals surface area (Å²) in [6.07, 6.45) is 1.75. The Morgan fingerprint density at radius 2 is 1.79 bits per heavy atom. The molecular weight excluding hydrogens is 390 g/mol. The summed E-state index contributed by atoms with van der Waals surface area (Å²) in [5.74, 6) is 0.173. The minimum Gasteiger partial charge on any atom is -0.494 e. The van der Waals surface area contributed by atoms with Crippen LogP contribution >= 0.6 is 0 Å². The number of hydrogen-bond donors (Lipinski definition) is 3. The smallest absolute Gasteiger partial charge is 0.261 e. The molecule has 5 rings (SSSR count). The lowest BCUT2D eigenvalue weighted by Crippen LogP contribution is -2.12. The van der Waals surface area contributed by atoms with Crippen LogP contribution in [0.1, 0.15) is 0 Å². The summed E-state index contributed by atoms with van der Waals surface area (Å²) in [6.45, 7) is 0. The minimum absolute atomic E-state index is 0.0675. The largest absolute Gasteiger partial charge is 0.494 e. The van der Waals surface area contributed by atoms with Crippen LogP contribution in [0.5, 0.6) is 5.88 Å². The molecule has 0 aliphatic rings. The third-order valence-corrected chi connectivity index (χ3v) is 5.93. The molecule has 0 saturated carbocycles. The van der Waals surface area contributed by atoms with Gasteiger partial charge in [-0.2, -0.15) is 0 Å². The van der Waals surface area contributed by atoms with E-state index in [1.54, 1.807) is 53.2 Å². The molecule has 5 aromatic rings. The number of aromatic nitrogens is 4. The zero-order valence-electron chi connectivity index (χ0n) is 14.9. The molecule has 2 aromatic carbocycles. The molecular formula is C20H15N5O3S. The number of para-hydroxylation sites is 1. The molecule has 3 heterocycles. The van der Waals surface area contributed by atoms with E-state index >= 15 is 0 Å². The van der Waals surface area contributed by atoms with Crippen molar-refractivity contribution >= 4 is 32.3 Å². The van der Waals surface area contributed by atoms with Crippen LogP contribution in [-0.4, -0.2) is 33.1 Å². The Hall–Kier alpha value is -3.85. The predicted molar refractivity (Wildman–Crippen MR) is 109 cm³/mol. The molecule has 8 nitrogen and oxygen atoms in total. The molecule has 0 saturated heterocycles. The highest BCUT2D eigenvalue weighted by Gasteiger charge is 2.21. The number of anilines is 1. The van der Waals surface area contributed by atoms with Gasteiger partial charge in [-0.1, -0.05) is 24.3 Å². The number of benzene rings is 2. The van der Waals surface area contributed by atoms with Crippen LogP contribution in [0.3, 0.4) is 0 Å². The van der Waals surface area contributed by atoms with Crippen molar-refractivity contribution in [3.8, 4) is 17.3 Å². The summed E-state index contributed by atoms with van der Waals surface area (Å²) in [5.41, 5.74) is 2.01. The average molecular weight is 405 g/mol. The van der Waals surface area contributed by atoms with Crippen LogP contribution in [-0.2, 0) is 10.0 Å². The van der Waals surface area contributed by atoms with Crippen LogP contribution in [0.15, 0.2) is 77.8 Å². The molecule has 29 heavy (non-hydrogen) atoms. The van der Waals surface area contributed by atoms with Crippen molar-refractivity contribution in [2.24, 2.45) is 0 Å². The van der Waals surface area contributed by atoms with E-state index in [4.69, 9.17) is 0 Å². The zero-order valence-corrected chi connectivity index (χ0v) is 15.8. The number of sulfonamides is 1. The molecule has 0 spiro atoms. The predicted octanol–water partition coefficient (Wildman–Crippen LogP) is 3.38. The summed E-state index contributed by atoms with van der Waals surface area (Å²) in [6, 6.07) is 18.7. The molecule has 144 valence electrons. The van der Waals surface area contributed by atoms with Crippen molar-refractivity contribution in [2.45, 2.75) is 4.90 Å². The van der Waals surface area contributed by atoms with Crippen LogP contribution in [0.4, 0.5) is 5.69 Å². The molecule has 0 radical (unpaired) electrons. The van der Waals surface area contributed by atoms with Gasteiger partial charge in [0.1, 0.15) is 0 Å². The fraction of sp³-hybridized carbons (Fsp3) is 0. The number of rotatable bonds is 4. The number of pyridine rings is 1. The zero-order chi connectivity index (χ0) is 20.0. The van der Waals surface area contributed by atoms with Gasteiger partial charge in [0, 0.05) is 22.8 Å². The lowest BCUT2D eigenvalue weighted by atomic mass is 10.1. The van der Waals surface area contributed by atoms with E-state index in [2.05, 4.69) is 19.8 Å². The molecule has 0 atom stereocenters. The van der Waals surface area contributed by atoms with E-state index in [0.29, 0.717) is 33.6 Å². The van der Waals surface area contributed by atoms with E-state index in [0.717, 1.165) is 0 Å². The van der Waals surface area contributed by atoms with E-state index in [-0.39, 0.29) is 10.8 Å². The summed E-state index contributed by atoms with van der Waals surface area (Å²) < 4.78 is 29.8. The topological polar surface area (TPSA) is 112 Å². The summed E-state index contributed by atoms with van der Waals surface area (Å²) in [4.78, 5) is 7.35. The Balaban J connectivity index is 1.64. The van der Waals surface area contributed by atoms with Crippen LogP contribution in [0, 0.1) is 0 Å². The Labute approximate surface area is 165 Å². The second-order valence-corrected chi connectivity index (χ2v) is 8.15. The normalized spacial score (nSPS) is 11.9. The van der Waals surface area contributed by atoms with Crippen molar-refractivity contribution in [2.75, 3.05) is 4.72 Å². The minimum atomic E-state index is -3.81. The maximum Gasteiger partial charge on any atom is 0.261 e. The van der Waals surface area contributed by atoms with Gasteiger partial charge in [-0.3, -0.25) is 4.72 Å². The molecule has 0 bridgehead atoms. The first-order valence-electron chi connectivity index (χ1n) is 8.76. The van der Waals surface area contributed by atoms with Gasteiger partial charge >= 0.3 is 0 Å². The van der Waals surface area contributed by atoms with Gasteiger partial charge in [-0.25, -0.2) is 17.9 Å². The lowest BCUT2D eigenvalue weighted by Gasteiger charge is -2.08. The molecule has 0 aliphatic carbocycles. The van der Waals surface area contributed by atoms with Crippen molar-refractivity contribution < 1.29 is 13.5 Å². The lowest BCUT2D eigenvalue weighted by molar-refractivity contribution is 0.460. The second-order valence-electron chi connectivity index (χ2n) is 6.47. The van der Waals surface area contributed by atoms with E-state index in [1.807, 2.05) is 12.1 Å². The Kier molecular flexibility index (Phi) is 3.78. The van der Waals surface area contributed by atoms with Gasteiger partial charge in [0.15, 0.2) is 11.5 Å². The van der Waals surface area contributed by atoms with E-state index in [9.17, 15) is 13.5 Å². The van der Waals surface area contributed by atoms with Gasteiger partial charge in [0.2, 0.25) is 5.88 Å². The fourth-order valence-electron chi connectivity index (χ4n) is 3.21. The quantitative estimate of drug-likeness (QED) is 0.424. The van der Waals surface area contributed by atoms with Crippen molar-refractivity contribution in [1.29, 1.82) is 0 Å². The Bertz CT molecular complexity index is 1420. The number of aromatic hydroxyl groups is 1. The Morgan fingerprint density at radius 3 is 2.59 bits per heavy atom. The molecule has 3 N–H and O–H groups in total. The van der Waals surface area contributed by atoms with E-state index < -0.39 is 10.0 Å². The first-order chi connectivity index (χ1) is 14.0. The summed E-state index contributed by atoms with van der Waals surface area (Å²) in [5, 5.41) is 15.3. The number of hydrogen-bond acceptors (Lipinski definition) is 5. The molecule has 0 aliphatic heterocycles. The number of nitrogens with one attached hydrogen (secondary N) is 2. The number of aromatic amines is 1. The highest BCUT2D eigenvalue weighted by molar-refractivity contribution is 7.92. The van der Waals surface area contributed by atoms with Crippen molar-refractivity contribution in [1.82, 2.24) is 19.6 Å². The Morgan fingerprint density at radius 1 is 1.00 bits per heavy atom. The van der Waals surface area contributed by atoms with Gasteiger partial charge in [0.05, 0.1) is 10.5 Å². The maximum absolute atomic E-state index is 12.8. The third-order valence-electron chi connectivity index (χ3n) is 4.55. The summed E-state index contributed by atoms with van der Waals surface area (Å²) >= 11 is 0.